The maximum absolute atomic E-state index is 11.8. The molecule has 4 heteroatoms. The Labute approximate surface area is 111 Å². The van der Waals surface area contributed by atoms with Crippen LogP contribution in [-0.4, -0.2) is 20.7 Å². The van der Waals surface area contributed by atoms with Crippen molar-refractivity contribution >= 4 is 10.0 Å². The van der Waals surface area contributed by atoms with Crippen molar-refractivity contribution in [1.82, 2.24) is 4.72 Å². The van der Waals surface area contributed by atoms with Gasteiger partial charge in [0.1, 0.15) is 0 Å². The van der Waals surface area contributed by atoms with E-state index in [0.717, 1.165) is 12.0 Å². The van der Waals surface area contributed by atoms with E-state index in [0.29, 0.717) is 13.0 Å². The highest BCUT2D eigenvalue weighted by Gasteiger charge is 2.22. The fourth-order valence-corrected chi connectivity index (χ4v) is 3.08. The molecule has 18 heavy (non-hydrogen) atoms. The number of sulfonamides is 1. The fourth-order valence-electron chi connectivity index (χ4n) is 1.69. The summed E-state index contributed by atoms with van der Waals surface area (Å²) < 4.78 is 26.2. The quantitative estimate of drug-likeness (QED) is 0.827. The topological polar surface area (TPSA) is 46.2 Å². The van der Waals surface area contributed by atoms with E-state index in [-0.39, 0.29) is 11.2 Å². The molecule has 0 bridgehead atoms. The van der Waals surface area contributed by atoms with Gasteiger partial charge in [0.05, 0.1) is 5.75 Å². The molecule has 1 N–H and O–H groups in total. The maximum Gasteiger partial charge on any atom is 0.211 e. The van der Waals surface area contributed by atoms with Gasteiger partial charge in [0.2, 0.25) is 10.0 Å². The Balaban J connectivity index is 2.62. The summed E-state index contributed by atoms with van der Waals surface area (Å²) in [7, 11) is -3.13. The molecule has 102 valence electrons. The van der Waals surface area contributed by atoms with Gasteiger partial charge in [-0.05, 0) is 12.0 Å². The van der Waals surface area contributed by atoms with E-state index in [1.54, 1.807) is 0 Å². The molecule has 0 unspecified atom stereocenters. The van der Waals surface area contributed by atoms with E-state index < -0.39 is 10.0 Å². The van der Waals surface area contributed by atoms with Gasteiger partial charge in [-0.15, -0.1) is 0 Å². The minimum atomic E-state index is -3.13. The Kier molecular flexibility index (Phi) is 5.35. The Bertz CT molecular complexity index is 452. The van der Waals surface area contributed by atoms with Gasteiger partial charge in [0.15, 0.2) is 0 Å². The highest BCUT2D eigenvalue weighted by molar-refractivity contribution is 7.89. The van der Waals surface area contributed by atoms with E-state index in [2.05, 4.69) is 4.72 Å². The molecule has 1 aromatic carbocycles. The molecule has 0 spiro atoms. The lowest BCUT2D eigenvalue weighted by molar-refractivity contribution is 0.501. The van der Waals surface area contributed by atoms with Gasteiger partial charge < -0.3 is 0 Å². The van der Waals surface area contributed by atoms with Crippen molar-refractivity contribution in [1.29, 1.82) is 0 Å². The molecule has 3 nitrogen and oxygen atoms in total. The highest BCUT2D eigenvalue weighted by Crippen LogP contribution is 2.21. The molecular formula is C14H23NO2S. The first-order valence-corrected chi connectivity index (χ1v) is 8.05. The summed E-state index contributed by atoms with van der Waals surface area (Å²) in [5, 5.41) is 0. The lowest BCUT2D eigenvalue weighted by Gasteiger charge is -2.25. The van der Waals surface area contributed by atoms with Gasteiger partial charge in [-0.3, -0.25) is 0 Å². The van der Waals surface area contributed by atoms with Crippen LogP contribution in [0.5, 0.6) is 0 Å². The third-order valence-electron chi connectivity index (χ3n) is 3.06. The summed E-state index contributed by atoms with van der Waals surface area (Å²) >= 11 is 0. The molecule has 1 aromatic rings. The summed E-state index contributed by atoms with van der Waals surface area (Å²) in [6.45, 7) is 6.52. The van der Waals surface area contributed by atoms with Gasteiger partial charge in [-0.1, -0.05) is 57.5 Å². The average Bonchev–Trinajstić information content (AvgIpc) is 2.36. The largest absolute Gasteiger partial charge is 0.214 e. The van der Waals surface area contributed by atoms with Crippen LogP contribution in [0.3, 0.4) is 0 Å². The number of hydrogen-bond acceptors (Lipinski definition) is 2. The predicted molar refractivity (Wildman–Crippen MR) is 76.2 cm³/mol. The summed E-state index contributed by atoms with van der Waals surface area (Å²) in [5.41, 5.74) is 0.948. The Hall–Kier alpha value is -0.870. The van der Waals surface area contributed by atoms with Crippen molar-refractivity contribution in [2.24, 2.45) is 0 Å². The summed E-state index contributed by atoms with van der Waals surface area (Å²) in [5.74, 6) is 0.217. The first-order chi connectivity index (χ1) is 8.37. The van der Waals surface area contributed by atoms with Crippen molar-refractivity contribution in [3.8, 4) is 0 Å². The molecule has 0 heterocycles. The number of nitrogens with one attached hydrogen (secondary N) is 1. The molecule has 0 aromatic heterocycles. The highest BCUT2D eigenvalue weighted by atomic mass is 32.2. The first-order valence-electron chi connectivity index (χ1n) is 6.40. The van der Waals surface area contributed by atoms with Crippen LogP contribution >= 0.6 is 0 Å². The lowest BCUT2D eigenvalue weighted by Crippen LogP contribution is -2.37. The molecule has 0 aliphatic carbocycles. The SMILES string of the molecule is CCCCS(=O)(=O)NCC(C)(C)c1ccccc1. The van der Waals surface area contributed by atoms with Crippen LogP contribution in [-0.2, 0) is 15.4 Å². The summed E-state index contributed by atoms with van der Waals surface area (Å²) in [4.78, 5) is 0. The minimum Gasteiger partial charge on any atom is -0.214 e. The number of hydrogen-bond donors (Lipinski definition) is 1. The molecule has 0 saturated heterocycles. The third-order valence-corrected chi connectivity index (χ3v) is 4.47. The molecule has 1 rings (SSSR count). The van der Waals surface area contributed by atoms with Crippen molar-refractivity contribution in [2.45, 2.75) is 39.0 Å². The van der Waals surface area contributed by atoms with E-state index >= 15 is 0 Å². The lowest BCUT2D eigenvalue weighted by atomic mass is 9.85. The van der Waals surface area contributed by atoms with Gasteiger partial charge in [-0.2, -0.15) is 0 Å². The molecule has 0 aliphatic rings. The van der Waals surface area contributed by atoms with E-state index in [9.17, 15) is 8.42 Å². The van der Waals surface area contributed by atoms with Crippen LogP contribution in [0.15, 0.2) is 30.3 Å². The van der Waals surface area contributed by atoms with Crippen LogP contribution < -0.4 is 4.72 Å². The Morgan fingerprint density at radius 2 is 1.78 bits per heavy atom. The van der Waals surface area contributed by atoms with Gasteiger partial charge in [-0.25, -0.2) is 13.1 Å². The maximum atomic E-state index is 11.8. The molecular weight excluding hydrogens is 246 g/mol. The average molecular weight is 269 g/mol. The molecule has 0 fully saturated rings. The second-order valence-corrected chi connectivity index (χ2v) is 7.17. The van der Waals surface area contributed by atoms with Crippen molar-refractivity contribution in [3.05, 3.63) is 35.9 Å². The predicted octanol–water partition coefficient (Wildman–Crippen LogP) is 2.68. The summed E-state index contributed by atoms with van der Waals surface area (Å²) in [6, 6.07) is 9.97. The molecule has 0 radical (unpaired) electrons. The second kappa shape index (κ2) is 6.34. The fraction of sp³-hybridized carbons (Fsp3) is 0.571. The zero-order valence-electron chi connectivity index (χ0n) is 11.4. The Morgan fingerprint density at radius 1 is 1.17 bits per heavy atom. The first kappa shape index (κ1) is 15.2. The Morgan fingerprint density at radius 3 is 2.33 bits per heavy atom. The second-order valence-electron chi connectivity index (χ2n) is 5.24. The van der Waals surface area contributed by atoms with E-state index in [1.165, 1.54) is 0 Å². The number of benzene rings is 1. The third kappa shape index (κ3) is 4.78. The zero-order chi connectivity index (χ0) is 13.6. The number of rotatable bonds is 7. The van der Waals surface area contributed by atoms with E-state index in [4.69, 9.17) is 0 Å². The smallest absolute Gasteiger partial charge is 0.211 e. The molecule has 0 atom stereocenters. The molecule has 0 amide bonds. The van der Waals surface area contributed by atoms with E-state index in [1.807, 2.05) is 51.1 Å². The monoisotopic (exact) mass is 269 g/mol. The van der Waals surface area contributed by atoms with Gasteiger partial charge in [0.25, 0.3) is 0 Å². The van der Waals surface area contributed by atoms with Crippen LogP contribution in [0, 0.1) is 0 Å². The molecule has 0 aliphatic heterocycles. The van der Waals surface area contributed by atoms with Crippen LogP contribution in [0.25, 0.3) is 0 Å². The van der Waals surface area contributed by atoms with Crippen molar-refractivity contribution in [2.75, 3.05) is 12.3 Å². The number of unbranched alkanes of at least 4 members (excludes halogenated alkanes) is 1. The minimum absolute atomic E-state index is 0.194. The van der Waals surface area contributed by atoms with Gasteiger partial charge in [0, 0.05) is 12.0 Å². The standard InChI is InChI=1S/C14H23NO2S/c1-4-5-11-18(16,17)15-12-14(2,3)13-9-7-6-8-10-13/h6-10,15H,4-5,11-12H2,1-3H3. The van der Waals surface area contributed by atoms with Crippen LogP contribution in [0.4, 0.5) is 0 Å². The zero-order valence-corrected chi connectivity index (χ0v) is 12.3. The normalized spacial score (nSPS) is 12.6. The van der Waals surface area contributed by atoms with Crippen LogP contribution in [0.1, 0.15) is 39.2 Å². The van der Waals surface area contributed by atoms with Crippen molar-refractivity contribution in [3.63, 3.8) is 0 Å². The summed E-state index contributed by atoms with van der Waals surface area (Å²) in [6.07, 6.45) is 1.60. The van der Waals surface area contributed by atoms with Crippen LogP contribution in [0.2, 0.25) is 0 Å². The van der Waals surface area contributed by atoms with Gasteiger partial charge >= 0.3 is 0 Å². The van der Waals surface area contributed by atoms with Crippen molar-refractivity contribution < 1.29 is 8.42 Å². The molecule has 0 saturated carbocycles.